The largest absolute Gasteiger partial charge is 0.505 e. The van der Waals surface area contributed by atoms with Gasteiger partial charge in [-0.25, -0.2) is 18.7 Å². The number of nitrogens with zero attached hydrogens (tertiary/aromatic N) is 2. The molecule has 1 aliphatic carbocycles. The maximum atomic E-state index is 13.8. The number of rotatable bonds is 12. The highest BCUT2D eigenvalue weighted by atomic mass is 32.1. The molecule has 1 aliphatic heterocycles. The first-order valence-electron chi connectivity index (χ1n) is 14.6. The van der Waals surface area contributed by atoms with Crippen molar-refractivity contribution in [2.45, 2.75) is 81.7 Å². The summed E-state index contributed by atoms with van der Waals surface area (Å²) in [5.41, 5.74) is 3.26. The van der Waals surface area contributed by atoms with Crippen molar-refractivity contribution in [3.8, 4) is 5.75 Å². The number of aliphatic carboxylic acids is 1. The highest BCUT2D eigenvalue weighted by molar-refractivity contribution is 7.09. The Morgan fingerprint density at radius 3 is 2.49 bits per heavy atom. The van der Waals surface area contributed by atoms with Crippen LogP contribution in [0, 0.1) is 0 Å². The van der Waals surface area contributed by atoms with E-state index >= 15 is 0 Å². The molecule has 1 aromatic carbocycles. The fraction of sp³-hybridized carbons (Fsp3) is 0.469. The number of carboxylic acid groups (broad SMARTS) is 1. The van der Waals surface area contributed by atoms with Gasteiger partial charge in [0.25, 0.3) is 0 Å². The number of pyridine rings is 1. The van der Waals surface area contributed by atoms with Crippen LogP contribution in [0.3, 0.4) is 0 Å². The first-order valence-corrected chi connectivity index (χ1v) is 15.5. The molecular weight excluding hydrogens is 617 g/mol. The van der Waals surface area contributed by atoms with Gasteiger partial charge in [0.2, 0.25) is 6.43 Å². The van der Waals surface area contributed by atoms with Crippen LogP contribution in [-0.4, -0.2) is 52.4 Å². The number of thiazole rings is 1. The Morgan fingerprint density at radius 2 is 1.87 bits per heavy atom. The number of carbonyl (C=O) groups is 1. The number of carboxylic acids is 1. The van der Waals surface area contributed by atoms with Crippen LogP contribution in [0.4, 0.5) is 27.8 Å². The van der Waals surface area contributed by atoms with Gasteiger partial charge in [-0.1, -0.05) is 24.8 Å². The second-order valence-electron chi connectivity index (χ2n) is 11.3. The predicted octanol–water partition coefficient (Wildman–Crippen LogP) is 7.80. The number of benzene rings is 1. The van der Waals surface area contributed by atoms with Crippen LogP contribution in [0.2, 0.25) is 0 Å². The van der Waals surface area contributed by atoms with Crippen LogP contribution < -0.4 is 10.1 Å². The number of aromatic nitrogens is 2. The standard InChI is InChI=1S/C29H33F2N3O3S.C3H3F3O/c1-37-24-10-8-20(29(11-12-29)28(30)31)16-23(24)19(15-26(35)36)14-22-17-38-25(33-22)6-2-5-21-9-7-18-4-3-13-32-27(18)34-21;1-2(7)3(4,5)6/h7-10,16-17,19,28H,2-6,11-15H2,1H3,(H,32,34)(H,35,36);7H,1H2. The van der Waals surface area contributed by atoms with E-state index in [0.29, 0.717) is 36.1 Å². The van der Waals surface area contributed by atoms with Crippen molar-refractivity contribution < 1.29 is 41.7 Å². The number of hydrogen-bond donors (Lipinski definition) is 3. The summed E-state index contributed by atoms with van der Waals surface area (Å²) in [4.78, 5) is 21.3. The lowest BCUT2D eigenvalue weighted by molar-refractivity contribution is -0.137. The Bertz CT molecular complexity index is 1490. The van der Waals surface area contributed by atoms with Crippen molar-refractivity contribution in [2.24, 2.45) is 0 Å². The maximum absolute atomic E-state index is 13.8. The number of alkyl halides is 5. The molecule has 13 heteroatoms. The van der Waals surface area contributed by atoms with E-state index in [1.54, 1.807) is 29.5 Å². The minimum atomic E-state index is -4.64. The number of hydrogen-bond acceptors (Lipinski definition) is 7. The van der Waals surface area contributed by atoms with Crippen molar-refractivity contribution >= 4 is 23.1 Å². The molecule has 0 spiro atoms. The average molecular weight is 654 g/mol. The molecule has 0 amide bonds. The first kappa shape index (κ1) is 34.1. The van der Waals surface area contributed by atoms with Crippen molar-refractivity contribution in [1.29, 1.82) is 0 Å². The molecule has 3 N–H and O–H groups in total. The van der Waals surface area contributed by atoms with Crippen LogP contribution in [-0.2, 0) is 35.9 Å². The molecule has 1 fully saturated rings. The summed E-state index contributed by atoms with van der Waals surface area (Å²) < 4.78 is 65.6. The van der Waals surface area contributed by atoms with E-state index in [9.17, 15) is 31.9 Å². The molecule has 0 bridgehead atoms. The number of allylic oxidation sites excluding steroid dienone is 1. The lowest BCUT2D eigenvalue weighted by Gasteiger charge is -2.22. The quantitative estimate of drug-likeness (QED) is 0.135. The number of nitrogens with one attached hydrogen (secondary N) is 1. The average Bonchev–Trinajstić information content (AvgIpc) is 3.70. The molecule has 5 rings (SSSR count). The van der Waals surface area contributed by atoms with Gasteiger partial charge in [-0.3, -0.25) is 4.79 Å². The third-order valence-corrected chi connectivity index (χ3v) is 8.99. The topological polar surface area (TPSA) is 105 Å². The van der Waals surface area contributed by atoms with Gasteiger partial charge < -0.3 is 20.3 Å². The Kier molecular flexibility index (Phi) is 11.1. The van der Waals surface area contributed by atoms with Crippen LogP contribution in [0.5, 0.6) is 5.75 Å². The molecule has 0 radical (unpaired) electrons. The Balaban J connectivity index is 0.000000591. The van der Waals surface area contributed by atoms with Crippen LogP contribution in [0.1, 0.15) is 71.1 Å². The number of aliphatic hydroxyl groups is 1. The second-order valence-corrected chi connectivity index (χ2v) is 12.2. The molecule has 1 saturated carbocycles. The molecule has 244 valence electrons. The monoisotopic (exact) mass is 653 g/mol. The predicted molar refractivity (Wildman–Crippen MR) is 162 cm³/mol. The van der Waals surface area contributed by atoms with E-state index in [1.807, 2.05) is 5.38 Å². The number of aryl methyl sites for hydroxylation is 3. The van der Waals surface area contributed by atoms with E-state index in [2.05, 4.69) is 24.0 Å². The molecule has 3 heterocycles. The van der Waals surface area contributed by atoms with Gasteiger partial charge in [-0.2, -0.15) is 13.2 Å². The number of fused-ring (bicyclic) bond motifs is 1. The lowest BCUT2D eigenvalue weighted by Crippen LogP contribution is -2.19. The number of methoxy groups -OCH3 is 1. The molecule has 1 atom stereocenters. The van der Waals surface area contributed by atoms with Crippen molar-refractivity contribution in [3.05, 3.63) is 81.1 Å². The molecule has 1 unspecified atom stereocenters. The summed E-state index contributed by atoms with van der Waals surface area (Å²) in [5.74, 6) is -1.60. The highest BCUT2D eigenvalue weighted by Gasteiger charge is 2.52. The van der Waals surface area contributed by atoms with Gasteiger partial charge in [-0.15, -0.1) is 11.3 Å². The van der Waals surface area contributed by atoms with Gasteiger partial charge in [-0.05, 0) is 80.2 Å². The van der Waals surface area contributed by atoms with E-state index in [4.69, 9.17) is 19.8 Å². The van der Waals surface area contributed by atoms with Gasteiger partial charge in [0.1, 0.15) is 11.6 Å². The number of ether oxygens (including phenoxy) is 1. The minimum Gasteiger partial charge on any atom is -0.505 e. The van der Waals surface area contributed by atoms with Crippen molar-refractivity contribution in [3.63, 3.8) is 0 Å². The van der Waals surface area contributed by atoms with Gasteiger partial charge in [0.05, 0.1) is 29.6 Å². The zero-order valence-corrected chi connectivity index (χ0v) is 25.6. The number of aliphatic hydroxyl groups excluding tert-OH is 1. The third kappa shape index (κ3) is 8.93. The Morgan fingerprint density at radius 1 is 1.13 bits per heavy atom. The summed E-state index contributed by atoms with van der Waals surface area (Å²) in [5, 5.41) is 23.6. The normalized spacial score (nSPS) is 15.7. The molecule has 2 aliphatic rings. The van der Waals surface area contributed by atoms with Crippen LogP contribution in [0.25, 0.3) is 0 Å². The fourth-order valence-corrected chi connectivity index (χ4v) is 6.23. The van der Waals surface area contributed by atoms with Crippen LogP contribution in [0.15, 0.2) is 48.0 Å². The molecule has 7 nitrogen and oxygen atoms in total. The SMILES string of the molecule is C=C(O)C(F)(F)F.COc1ccc(C2(C(F)F)CC2)cc1C(CC(=O)O)Cc1csc(CCCc2ccc3c(n2)NCCC3)n1. The van der Waals surface area contributed by atoms with Crippen LogP contribution >= 0.6 is 11.3 Å². The van der Waals surface area contributed by atoms with E-state index in [-0.39, 0.29) is 6.42 Å². The summed E-state index contributed by atoms with van der Waals surface area (Å²) >= 11 is 1.57. The zero-order valence-electron chi connectivity index (χ0n) is 24.8. The maximum Gasteiger partial charge on any atom is 0.448 e. The van der Waals surface area contributed by atoms with Gasteiger partial charge in [0.15, 0.2) is 5.76 Å². The van der Waals surface area contributed by atoms with E-state index in [1.165, 1.54) is 12.7 Å². The summed E-state index contributed by atoms with van der Waals surface area (Å²) in [6, 6.07) is 9.40. The van der Waals surface area contributed by atoms with Gasteiger partial charge >= 0.3 is 12.1 Å². The Labute approximate surface area is 262 Å². The van der Waals surface area contributed by atoms with Gasteiger partial charge in [0, 0.05) is 23.5 Å². The smallest absolute Gasteiger partial charge is 0.448 e. The third-order valence-electron chi connectivity index (χ3n) is 8.03. The van der Waals surface area contributed by atoms with Crippen molar-refractivity contribution in [1.82, 2.24) is 9.97 Å². The summed E-state index contributed by atoms with van der Waals surface area (Å²) in [7, 11) is 1.52. The van der Waals surface area contributed by atoms with Crippen molar-refractivity contribution in [2.75, 3.05) is 19.0 Å². The fourth-order valence-electron chi connectivity index (χ4n) is 5.37. The highest BCUT2D eigenvalue weighted by Crippen LogP contribution is 2.53. The molecule has 3 aromatic rings. The molecule has 2 aromatic heterocycles. The Hall–Kier alpha value is -3.74. The summed E-state index contributed by atoms with van der Waals surface area (Å²) in [6.07, 6.45) is -1.13. The second kappa shape index (κ2) is 14.6. The zero-order chi connectivity index (χ0) is 32.8. The minimum absolute atomic E-state index is 0.133. The summed E-state index contributed by atoms with van der Waals surface area (Å²) in [6.45, 7) is 3.23. The number of anilines is 1. The first-order chi connectivity index (χ1) is 21.3. The molecule has 45 heavy (non-hydrogen) atoms. The lowest BCUT2D eigenvalue weighted by atomic mass is 9.86. The van der Waals surface area contributed by atoms with E-state index < -0.39 is 35.7 Å². The molecular formula is C32H36F5N3O4S. The molecule has 0 saturated heterocycles. The number of halogens is 5. The van der Waals surface area contributed by atoms with E-state index in [0.717, 1.165) is 60.9 Å².